The molecule has 1 aliphatic heterocycles. The molecule has 2 N–H and O–H groups in total. The van der Waals surface area contributed by atoms with Crippen LogP contribution in [0.2, 0.25) is 5.02 Å². The van der Waals surface area contributed by atoms with Crippen molar-refractivity contribution in [3.05, 3.63) is 27.7 Å². The molecular weight excluding hydrogens is 340 g/mol. The highest BCUT2D eigenvalue weighted by molar-refractivity contribution is 9.10. The second-order valence-electron chi connectivity index (χ2n) is 4.20. The van der Waals surface area contributed by atoms with Crippen LogP contribution < -0.4 is 10.0 Å². The van der Waals surface area contributed by atoms with E-state index in [2.05, 4.69) is 26.0 Å². The SMILES string of the molecule is O=S(=O)(NCC1CCCN1)c1cccc(Br)c1Cl. The lowest BCUT2D eigenvalue weighted by atomic mass is 10.2. The van der Waals surface area contributed by atoms with E-state index in [1.165, 1.54) is 6.07 Å². The van der Waals surface area contributed by atoms with Crippen LogP contribution in [0.15, 0.2) is 27.6 Å². The molecular formula is C11H14BrClN2O2S. The zero-order valence-corrected chi connectivity index (χ0v) is 12.8. The Morgan fingerprint density at radius 2 is 2.28 bits per heavy atom. The van der Waals surface area contributed by atoms with E-state index in [-0.39, 0.29) is 16.0 Å². The van der Waals surface area contributed by atoms with Crippen molar-refractivity contribution in [1.82, 2.24) is 10.0 Å². The average Bonchev–Trinajstić information content (AvgIpc) is 2.83. The molecule has 2 rings (SSSR count). The monoisotopic (exact) mass is 352 g/mol. The summed E-state index contributed by atoms with van der Waals surface area (Å²) >= 11 is 9.21. The molecule has 0 aliphatic carbocycles. The van der Waals surface area contributed by atoms with Gasteiger partial charge in [0.25, 0.3) is 0 Å². The zero-order valence-electron chi connectivity index (χ0n) is 9.62. The van der Waals surface area contributed by atoms with Crippen LogP contribution in [0.4, 0.5) is 0 Å². The maximum atomic E-state index is 12.1. The molecule has 0 saturated carbocycles. The van der Waals surface area contributed by atoms with Crippen LogP contribution in [0.5, 0.6) is 0 Å². The van der Waals surface area contributed by atoms with E-state index in [0.717, 1.165) is 19.4 Å². The summed E-state index contributed by atoms with van der Waals surface area (Å²) in [6.07, 6.45) is 2.08. The number of hydrogen-bond donors (Lipinski definition) is 2. The van der Waals surface area contributed by atoms with Crippen molar-refractivity contribution >= 4 is 37.6 Å². The van der Waals surface area contributed by atoms with E-state index in [9.17, 15) is 8.42 Å². The van der Waals surface area contributed by atoms with Crippen LogP contribution in [0, 0.1) is 0 Å². The molecule has 1 fully saturated rings. The molecule has 0 aromatic heterocycles. The summed E-state index contributed by atoms with van der Waals surface area (Å²) in [4.78, 5) is 0.108. The predicted molar refractivity (Wildman–Crippen MR) is 75.4 cm³/mol. The number of hydrogen-bond acceptors (Lipinski definition) is 3. The van der Waals surface area contributed by atoms with Crippen LogP contribution in [-0.4, -0.2) is 27.5 Å². The van der Waals surface area contributed by atoms with Gasteiger partial charge >= 0.3 is 0 Å². The fraction of sp³-hybridized carbons (Fsp3) is 0.455. The minimum Gasteiger partial charge on any atom is -0.313 e. The van der Waals surface area contributed by atoms with Crippen molar-refractivity contribution in [3.63, 3.8) is 0 Å². The van der Waals surface area contributed by atoms with Crippen LogP contribution in [0.3, 0.4) is 0 Å². The molecule has 1 aromatic carbocycles. The Morgan fingerprint density at radius 3 is 2.94 bits per heavy atom. The Bertz CT molecular complexity index is 530. The zero-order chi connectivity index (χ0) is 13.2. The molecule has 1 aliphatic rings. The first-order valence-electron chi connectivity index (χ1n) is 5.68. The molecule has 0 bridgehead atoms. The van der Waals surface area contributed by atoms with Gasteiger partial charge in [0, 0.05) is 17.1 Å². The van der Waals surface area contributed by atoms with Gasteiger partial charge in [-0.2, -0.15) is 0 Å². The Kier molecular flexibility index (Phi) is 4.66. The van der Waals surface area contributed by atoms with Gasteiger partial charge in [0.1, 0.15) is 4.90 Å². The molecule has 100 valence electrons. The highest BCUT2D eigenvalue weighted by Crippen LogP contribution is 2.29. The number of sulfonamides is 1. The van der Waals surface area contributed by atoms with Gasteiger partial charge in [0.15, 0.2) is 0 Å². The van der Waals surface area contributed by atoms with Crippen LogP contribution >= 0.6 is 27.5 Å². The van der Waals surface area contributed by atoms with E-state index < -0.39 is 10.0 Å². The highest BCUT2D eigenvalue weighted by atomic mass is 79.9. The van der Waals surface area contributed by atoms with Crippen LogP contribution in [0.1, 0.15) is 12.8 Å². The Labute approximate surface area is 120 Å². The summed E-state index contributed by atoms with van der Waals surface area (Å²) < 4.78 is 27.4. The molecule has 1 aromatic rings. The van der Waals surface area contributed by atoms with Gasteiger partial charge in [-0.25, -0.2) is 13.1 Å². The maximum absolute atomic E-state index is 12.1. The summed E-state index contributed by atoms with van der Waals surface area (Å²) in [5.74, 6) is 0. The molecule has 1 heterocycles. The van der Waals surface area contributed by atoms with Gasteiger partial charge in [0.05, 0.1) is 5.02 Å². The number of nitrogens with one attached hydrogen (secondary N) is 2. The van der Waals surface area contributed by atoms with Crippen molar-refractivity contribution in [3.8, 4) is 0 Å². The van der Waals surface area contributed by atoms with Crippen LogP contribution in [-0.2, 0) is 10.0 Å². The first-order valence-corrected chi connectivity index (χ1v) is 8.33. The quantitative estimate of drug-likeness (QED) is 0.872. The van der Waals surface area contributed by atoms with E-state index in [1.807, 2.05) is 0 Å². The second kappa shape index (κ2) is 5.88. The largest absolute Gasteiger partial charge is 0.313 e. The van der Waals surface area contributed by atoms with E-state index in [1.54, 1.807) is 12.1 Å². The fourth-order valence-electron chi connectivity index (χ4n) is 1.91. The normalized spacial score (nSPS) is 20.2. The van der Waals surface area contributed by atoms with Crippen molar-refractivity contribution in [1.29, 1.82) is 0 Å². The molecule has 1 atom stereocenters. The number of benzene rings is 1. The minimum atomic E-state index is -3.55. The third-order valence-corrected chi connectivity index (χ3v) is 5.76. The van der Waals surface area contributed by atoms with E-state index in [0.29, 0.717) is 11.0 Å². The molecule has 0 spiro atoms. The lowest BCUT2D eigenvalue weighted by Crippen LogP contribution is -2.37. The lowest BCUT2D eigenvalue weighted by molar-refractivity contribution is 0.552. The fourth-order valence-corrected chi connectivity index (χ4v) is 4.02. The maximum Gasteiger partial charge on any atom is 0.242 e. The summed E-state index contributed by atoms with van der Waals surface area (Å²) in [5.41, 5.74) is 0. The standard InChI is InChI=1S/C11H14BrClN2O2S/c12-9-4-1-5-10(11(9)13)18(16,17)15-7-8-3-2-6-14-8/h1,4-5,8,14-15H,2-3,6-7H2. The lowest BCUT2D eigenvalue weighted by Gasteiger charge is -2.13. The Balaban J connectivity index is 2.12. The smallest absolute Gasteiger partial charge is 0.242 e. The molecule has 18 heavy (non-hydrogen) atoms. The topological polar surface area (TPSA) is 58.2 Å². The van der Waals surface area contributed by atoms with E-state index in [4.69, 9.17) is 11.6 Å². The first-order chi connectivity index (χ1) is 8.50. The summed E-state index contributed by atoms with van der Waals surface area (Å²) in [7, 11) is -3.55. The van der Waals surface area contributed by atoms with Crippen molar-refractivity contribution in [2.24, 2.45) is 0 Å². The predicted octanol–water partition coefficient (Wildman–Crippen LogP) is 2.13. The average molecular weight is 354 g/mol. The molecule has 4 nitrogen and oxygen atoms in total. The molecule has 0 amide bonds. The van der Waals surface area contributed by atoms with Gasteiger partial charge in [-0.05, 0) is 47.4 Å². The molecule has 0 radical (unpaired) electrons. The summed E-state index contributed by atoms with van der Waals surface area (Å²) in [6.45, 7) is 1.34. The number of halogens is 2. The highest BCUT2D eigenvalue weighted by Gasteiger charge is 2.21. The van der Waals surface area contributed by atoms with Gasteiger partial charge in [0.2, 0.25) is 10.0 Å². The number of rotatable bonds is 4. The van der Waals surface area contributed by atoms with Crippen molar-refractivity contribution < 1.29 is 8.42 Å². The first kappa shape index (κ1) is 14.3. The second-order valence-corrected chi connectivity index (χ2v) is 7.16. The van der Waals surface area contributed by atoms with E-state index >= 15 is 0 Å². The Morgan fingerprint density at radius 1 is 1.50 bits per heavy atom. The van der Waals surface area contributed by atoms with Gasteiger partial charge in [-0.15, -0.1) is 0 Å². The van der Waals surface area contributed by atoms with Gasteiger partial charge in [-0.3, -0.25) is 0 Å². The molecule has 1 saturated heterocycles. The van der Waals surface area contributed by atoms with Gasteiger partial charge in [-0.1, -0.05) is 17.7 Å². The molecule has 1 unspecified atom stereocenters. The van der Waals surface area contributed by atoms with Crippen LogP contribution in [0.25, 0.3) is 0 Å². The van der Waals surface area contributed by atoms with Gasteiger partial charge < -0.3 is 5.32 Å². The minimum absolute atomic E-state index is 0.108. The van der Waals surface area contributed by atoms with Crippen molar-refractivity contribution in [2.75, 3.05) is 13.1 Å². The summed E-state index contributed by atoms with van der Waals surface area (Å²) in [6, 6.07) is 5.07. The third kappa shape index (κ3) is 3.24. The Hall–Kier alpha value is -0.140. The third-order valence-electron chi connectivity index (χ3n) is 2.89. The molecule has 7 heteroatoms. The summed E-state index contributed by atoms with van der Waals surface area (Å²) in [5, 5.41) is 3.45. The van der Waals surface area contributed by atoms with Crippen molar-refractivity contribution in [2.45, 2.75) is 23.8 Å².